The lowest BCUT2D eigenvalue weighted by Crippen LogP contribution is -2.01. The summed E-state index contributed by atoms with van der Waals surface area (Å²) in [6.45, 7) is 10.6. The first-order valence-electron chi connectivity index (χ1n) is 5.74. The summed E-state index contributed by atoms with van der Waals surface area (Å²) in [7, 11) is -0.225. The van der Waals surface area contributed by atoms with E-state index < -0.39 is 0 Å². The quantitative estimate of drug-likeness (QED) is 0.346. The van der Waals surface area contributed by atoms with Crippen LogP contribution in [0.15, 0.2) is 4.99 Å². The van der Waals surface area contributed by atoms with Gasteiger partial charge in [0.15, 0.2) is 9.76 Å². The molecule has 0 aromatic rings. The topological polar surface area (TPSA) is 21.6 Å². The largest absolute Gasteiger partial charge is 0.424 e. The van der Waals surface area contributed by atoms with E-state index in [1.807, 2.05) is 0 Å². The van der Waals surface area contributed by atoms with Gasteiger partial charge in [-0.15, -0.1) is 0 Å². The second kappa shape index (κ2) is 9.40. The van der Waals surface area contributed by atoms with Gasteiger partial charge in [0.25, 0.3) is 0 Å². The first-order chi connectivity index (χ1) is 6.66. The summed E-state index contributed by atoms with van der Waals surface area (Å²) < 4.78 is 5.40. The molecule has 0 unspecified atom stereocenters. The van der Waals surface area contributed by atoms with Crippen molar-refractivity contribution in [2.45, 2.75) is 46.6 Å². The highest BCUT2D eigenvalue weighted by Gasteiger charge is 1.96. The minimum Gasteiger partial charge on any atom is -0.424 e. The van der Waals surface area contributed by atoms with Gasteiger partial charge in [0.05, 0.1) is 0 Å². The fourth-order valence-corrected chi connectivity index (χ4v) is 2.31. The van der Waals surface area contributed by atoms with Crippen molar-refractivity contribution in [2.75, 3.05) is 13.2 Å². The van der Waals surface area contributed by atoms with E-state index in [9.17, 15) is 0 Å². The van der Waals surface area contributed by atoms with Crippen molar-refractivity contribution >= 4 is 15.5 Å². The number of rotatable bonds is 8. The minimum atomic E-state index is -0.225. The molecular formula is C11H25NOSi. The summed E-state index contributed by atoms with van der Waals surface area (Å²) in [4.78, 5) is 4.55. The smallest absolute Gasteiger partial charge is 0.161 e. The summed E-state index contributed by atoms with van der Waals surface area (Å²) in [5.41, 5.74) is 1.30. The summed E-state index contributed by atoms with van der Waals surface area (Å²) in [6, 6.07) is 1.27. The zero-order valence-electron chi connectivity index (χ0n) is 10.2. The Balaban J connectivity index is 3.32. The van der Waals surface area contributed by atoms with Crippen LogP contribution in [-0.2, 0) is 4.43 Å². The number of hydrogen-bond donors (Lipinski definition) is 0. The molecule has 2 nitrogen and oxygen atoms in total. The van der Waals surface area contributed by atoms with E-state index in [0.717, 1.165) is 25.5 Å². The molecule has 0 aliphatic carbocycles. The molecule has 84 valence electrons. The highest BCUT2D eigenvalue weighted by atomic mass is 28.2. The van der Waals surface area contributed by atoms with Crippen molar-refractivity contribution in [2.24, 2.45) is 10.9 Å². The van der Waals surface area contributed by atoms with Crippen molar-refractivity contribution in [3.8, 4) is 0 Å². The third-order valence-electron chi connectivity index (χ3n) is 1.99. The van der Waals surface area contributed by atoms with E-state index >= 15 is 0 Å². The molecule has 0 radical (unpaired) electrons. The van der Waals surface area contributed by atoms with Crippen molar-refractivity contribution < 1.29 is 4.43 Å². The summed E-state index contributed by atoms with van der Waals surface area (Å²) in [5, 5.41) is 0. The monoisotopic (exact) mass is 215 g/mol. The van der Waals surface area contributed by atoms with Crippen LogP contribution in [0, 0.1) is 5.92 Å². The Morgan fingerprint density at radius 2 is 2.14 bits per heavy atom. The van der Waals surface area contributed by atoms with Gasteiger partial charge in [0.2, 0.25) is 0 Å². The predicted molar refractivity (Wildman–Crippen MR) is 67.0 cm³/mol. The van der Waals surface area contributed by atoms with Gasteiger partial charge in [-0.25, -0.2) is 0 Å². The van der Waals surface area contributed by atoms with Gasteiger partial charge in [-0.1, -0.05) is 13.8 Å². The first kappa shape index (κ1) is 13.8. The van der Waals surface area contributed by atoms with E-state index in [4.69, 9.17) is 4.43 Å². The van der Waals surface area contributed by atoms with E-state index in [2.05, 4.69) is 32.7 Å². The number of nitrogens with zero attached hydrogens (tertiary/aromatic N) is 1. The molecule has 0 saturated carbocycles. The Hall–Kier alpha value is -0.153. The van der Waals surface area contributed by atoms with Gasteiger partial charge >= 0.3 is 0 Å². The lowest BCUT2D eigenvalue weighted by atomic mass is 10.1. The molecule has 0 aliphatic heterocycles. The van der Waals surface area contributed by atoms with Crippen molar-refractivity contribution in [1.29, 1.82) is 0 Å². The second-order valence-corrected chi connectivity index (χ2v) is 5.64. The zero-order valence-corrected chi connectivity index (χ0v) is 11.6. The molecule has 0 atom stereocenters. The first-order valence-corrected chi connectivity index (χ1v) is 7.32. The maximum Gasteiger partial charge on any atom is 0.161 e. The summed E-state index contributed by atoms with van der Waals surface area (Å²) in [6.07, 6.45) is 2.35. The molecule has 0 amide bonds. The lowest BCUT2D eigenvalue weighted by Gasteiger charge is -2.04. The molecule has 0 aromatic carbocycles. The standard InChI is InChI=1S/C11H25NOSi/c1-5-13-14-8-6-7-12-11(4)9-10(2)3/h10H,5-9,14H2,1-4H3. The fraction of sp³-hybridized carbons (Fsp3) is 0.909. The Kier molecular flexibility index (Phi) is 9.30. The molecule has 0 spiro atoms. The normalized spacial score (nSPS) is 13.4. The van der Waals surface area contributed by atoms with E-state index in [-0.39, 0.29) is 9.76 Å². The molecule has 0 bridgehead atoms. The minimum absolute atomic E-state index is 0.225. The van der Waals surface area contributed by atoms with Crippen LogP contribution in [0.1, 0.15) is 40.5 Å². The zero-order chi connectivity index (χ0) is 10.8. The number of hydrogen-bond acceptors (Lipinski definition) is 2. The highest BCUT2D eigenvalue weighted by molar-refractivity contribution is 6.26. The van der Waals surface area contributed by atoms with Gasteiger partial charge in [-0.3, -0.25) is 4.99 Å². The average Bonchev–Trinajstić information content (AvgIpc) is 2.10. The van der Waals surface area contributed by atoms with Crippen molar-refractivity contribution in [3.63, 3.8) is 0 Å². The maximum absolute atomic E-state index is 5.40. The van der Waals surface area contributed by atoms with Crippen molar-refractivity contribution in [3.05, 3.63) is 0 Å². The Labute approximate surface area is 91.1 Å². The average molecular weight is 215 g/mol. The molecule has 0 heterocycles. The second-order valence-electron chi connectivity index (χ2n) is 4.12. The molecule has 0 fully saturated rings. The summed E-state index contributed by atoms with van der Waals surface area (Å²) in [5.74, 6) is 0.733. The number of aliphatic imine (C=N–C) groups is 1. The van der Waals surface area contributed by atoms with E-state index in [1.54, 1.807) is 0 Å². The third-order valence-corrected chi connectivity index (χ3v) is 3.47. The van der Waals surface area contributed by atoms with Gasteiger partial charge in [-0.2, -0.15) is 0 Å². The summed E-state index contributed by atoms with van der Waals surface area (Å²) >= 11 is 0. The van der Waals surface area contributed by atoms with Crippen LogP contribution in [0.3, 0.4) is 0 Å². The van der Waals surface area contributed by atoms with Crippen LogP contribution in [0.2, 0.25) is 6.04 Å². The maximum atomic E-state index is 5.40. The van der Waals surface area contributed by atoms with Gasteiger partial charge in [0.1, 0.15) is 0 Å². The highest BCUT2D eigenvalue weighted by Crippen LogP contribution is 2.01. The Morgan fingerprint density at radius 3 is 2.71 bits per heavy atom. The van der Waals surface area contributed by atoms with Crippen LogP contribution in [0.25, 0.3) is 0 Å². The van der Waals surface area contributed by atoms with Crippen LogP contribution in [0.5, 0.6) is 0 Å². The molecule has 0 aliphatic rings. The lowest BCUT2D eigenvalue weighted by molar-refractivity contribution is 0.359. The third kappa shape index (κ3) is 9.93. The molecule has 0 aromatic heterocycles. The SMILES string of the molecule is CCO[SiH2]CCCN=C(C)CC(C)C. The van der Waals surface area contributed by atoms with Crippen LogP contribution >= 0.6 is 0 Å². The molecule has 0 saturated heterocycles. The molecule has 14 heavy (non-hydrogen) atoms. The Morgan fingerprint density at radius 1 is 1.43 bits per heavy atom. The predicted octanol–water partition coefficient (Wildman–Crippen LogP) is 2.42. The van der Waals surface area contributed by atoms with Gasteiger partial charge in [0, 0.05) is 18.9 Å². The van der Waals surface area contributed by atoms with E-state index in [0.29, 0.717) is 0 Å². The molecule has 0 rings (SSSR count). The Bertz CT molecular complexity index is 157. The molecule has 0 N–H and O–H groups in total. The van der Waals surface area contributed by atoms with Crippen molar-refractivity contribution in [1.82, 2.24) is 0 Å². The van der Waals surface area contributed by atoms with E-state index in [1.165, 1.54) is 18.2 Å². The molecular weight excluding hydrogens is 190 g/mol. The fourth-order valence-electron chi connectivity index (χ4n) is 1.39. The van der Waals surface area contributed by atoms with Crippen LogP contribution < -0.4 is 0 Å². The van der Waals surface area contributed by atoms with Crippen LogP contribution in [0.4, 0.5) is 0 Å². The van der Waals surface area contributed by atoms with Gasteiger partial charge in [-0.05, 0) is 38.7 Å². The van der Waals surface area contributed by atoms with Gasteiger partial charge < -0.3 is 4.43 Å². The van der Waals surface area contributed by atoms with Crippen LogP contribution in [-0.4, -0.2) is 28.6 Å². The molecule has 3 heteroatoms.